The van der Waals surface area contributed by atoms with Crippen LogP contribution in [0.3, 0.4) is 0 Å². The first-order chi connectivity index (χ1) is 31.3. The molecule has 19 heteroatoms. The van der Waals surface area contributed by atoms with E-state index in [-0.39, 0.29) is 57.5 Å². The van der Waals surface area contributed by atoms with E-state index in [4.69, 9.17) is 28.4 Å². The van der Waals surface area contributed by atoms with Crippen molar-refractivity contribution in [3.05, 3.63) is 11.6 Å². The van der Waals surface area contributed by atoms with Gasteiger partial charge in [-0.3, -0.25) is 0 Å². The number of aliphatic carboxylic acids is 1. The van der Waals surface area contributed by atoms with Crippen LogP contribution in [0.15, 0.2) is 11.6 Å². The predicted molar refractivity (Wildman–Crippen MR) is 232 cm³/mol. The zero-order valence-electron chi connectivity index (χ0n) is 39.8. The minimum Gasteiger partial charge on any atom is -0.479 e. The van der Waals surface area contributed by atoms with Crippen LogP contribution in [0.4, 0.5) is 0 Å². The molecule has 19 nitrogen and oxygen atoms in total. The molecule has 0 aromatic heterocycles. The average molecular weight is 959 g/mol. The maximum Gasteiger partial charge on any atom is 0.335 e. The predicted octanol–water partition coefficient (Wildman–Crippen LogP) is -0.323. The van der Waals surface area contributed by atoms with Gasteiger partial charge in [0.25, 0.3) is 0 Å². The topological polar surface area (TPSA) is 315 Å². The van der Waals surface area contributed by atoms with E-state index in [0.717, 1.165) is 44.9 Å². The van der Waals surface area contributed by atoms with E-state index in [1.807, 2.05) is 6.92 Å². The van der Waals surface area contributed by atoms with Crippen molar-refractivity contribution in [2.75, 3.05) is 19.8 Å². The fraction of sp³-hybridized carbons (Fsp3) is 0.938. The maximum absolute atomic E-state index is 12.5. The van der Waals surface area contributed by atoms with Crippen molar-refractivity contribution in [2.24, 2.45) is 50.2 Å². The lowest BCUT2D eigenvalue weighted by Crippen LogP contribution is -2.68. The van der Waals surface area contributed by atoms with Gasteiger partial charge < -0.3 is 89.7 Å². The van der Waals surface area contributed by atoms with Gasteiger partial charge in [-0.05, 0) is 97.2 Å². The summed E-state index contributed by atoms with van der Waals surface area (Å²) in [6.07, 6.45) is -19.2. The number of carboxylic acids is 1. The number of carboxylic acid groups (broad SMARTS) is 1. The Hall–Kier alpha value is -1.47. The molecule has 3 saturated heterocycles. The number of aliphatic hydroxyl groups excluding tert-OH is 11. The van der Waals surface area contributed by atoms with E-state index < -0.39 is 123 Å². The molecule has 8 aliphatic rings. The molecule has 12 N–H and O–H groups in total. The molecule has 5 aliphatic carbocycles. The number of ether oxygens (including phenoxy) is 6. The summed E-state index contributed by atoms with van der Waals surface area (Å²) in [6.45, 7) is 14.0. The van der Waals surface area contributed by atoms with Crippen LogP contribution >= 0.6 is 0 Å². The molecule has 3 aliphatic heterocycles. The van der Waals surface area contributed by atoms with Crippen LogP contribution in [0, 0.1) is 50.2 Å². The zero-order chi connectivity index (χ0) is 49.1. The molecule has 3 heterocycles. The molecule has 0 radical (unpaired) electrons. The van der Waals surface area contributed by atoms with E-state index in [1.54, 1.807) is 0 Å². The second kappa shape index (κ2) is 18.2. The lowest BCUT2D eigenvalue weighted by molar-refractivity contribution is -0.397. The van der Waals surface area contributed by atoms with Crippen LogP contribution < -0.4 is 0 Å². The summed E-state index contributed by atoms with van der Waals surface area (Å²) < 4.78 is 36.0. The Bertz CT molecular complexity index is 1830. The van der Waals surface area contributed by atoms with Crippen molar-refractivity contribution in [3.8, 4) is 0 Å². The third-order valence-electron chi connectivity index (χ3n) is 19.5. The lowest BCUT2D eigenvalue weighted by atomic mass is 9.33. The van der Waals surface area contributed by atoms with E-state index >= 15 is 0 Å². The summed E-state index contributed by atoms with van der Waals surface area (Å²) in [6, 6.07) is 0. The van der Waals surface area contributed by atoms with Gasteiger partial charge in [0.1, 0.15) is 67.1 Å². The molecule has 0 aromatic rings. The molecule has 0 aromatic carbocycles. The molecule has 384 valence electrons. The number of carbonyl (C=O) groups is 1. The van der Waals surface area contributed by atoms with E-state index in [1.165, 1.54) is 5.57 Å². The molecule has 0 spiro atoms. The lowest BCUT2D eigenvalue weighted by Gasteiger charge is -2.72. The minimum absolute atomic E-state index is 0.00861. The number of fused-ring (bicyclic) bond motifs is 7. The van der Waals surface area contributed by atoms with Gasteiger partial charge in [0.05, 0.1) is 32.0 Å². The third kappa shape index (κ3) is 8.10. The molecular weight excluding hydrogens is 881 g/mol. The highest BCUT2D eigenvalue weighted by molar-refractivity contribution is 5.73. The molecular formula is C48H78O19. The summed E-state index contributed by atoms with van der Waals surface area (Å²) >= 11 is 0. The summed E-state index contributed by atoms with van der Waals surface area (Å²) in [4.78, 5) is 12.5. The van der Waals surface area contributed by atoms with E-state index in [2.05, 4.69) is 47.6 Å². The van der Waals surface area contributed by atoms with Crippen LogP contribution in [0.5, 0.6) is 0 Å². The second-order valence-corrected chi connectivity index (χ2v) is 23.6. The molecule has 7 fully saturated rings. The van der Waals surface area contributed by atoms with Gasteiger partial charge in [0.2, 0.25) is 0 Å². The molecule has 25 atom stereocenters. The first-order valence-corrected chi connectivity index (χ1v) is 24.4. The average Bonchev–Trinajstić information content (AvgIpc) is 3.27. The van der Waals surface area contributed by atoms with Crippen LogP contribution in [-0.2, 0) is 33.2 Å². The van der Waals surface area contributed by atoms with Crippen molar-refractivity contribution < 1.29 is 94.5 Å². The van der Waals surface area contributed by atoms with E-state index in [0.29, 0.717) is 12.8 Å². The fourth-order valence-electron chi connectivity index (χ4n) is 15.2. The first-order valence-electron chi connectivity index (χ1n) is 24.4. The molecule has 67 heavy (non-hydrogen) atoms. The highest BCUT2D eigenvalue weighted by Gasteiger charge is 2.70. The smallest absolute Gasteiger partial charge is 0.335 e. The zero-order valence-corrected chi connectivity index (χ0v) is 39.8. The van der Waals surface area contributed by atoms with Crippen LogP contribution in [0.25, 0.3) is 0 Å². The van der Waals surface area contributed by atoms with Gasteiger partial charge >= 0.3 is 5.97 Å². The quantitative estimate of drug-likeness (QED) is 0.0986. The summed E-state index contributed by atoms with van der Waals surface area (Å²) in [5.74, 6) is -1.22. The summed E-state index contributed by atoms with van der Waals surface area (Å²) in [5, 5.41) is 130. The van der Waals surface area contributed by atoms with Crippen LogP contribution in [0.1, 0.15) is 106 Å². The van der Waals surface area contributed by atoms with Gasteiger partial charge in [-0.1, -0.05) is 60.1 Å². The highest BCUT2D eigenvalue weighted by Crippen LogP contribution is 2.76. The second-order valence-electron chi connectivity index (χ2n) is 23.6. The number of hydrogen-bond donors (Lipinski definition) is 12. The minimum atomic E-state index is -2.10. The monoisotopic (exact) mass is 959 g/mol. The molecule has 8 rings (SSSR count). The maximum atomic E-state index is 12.5. The van der Waals surface area contributed by atoms with Crippen molar-refractivity contribution >= 4 is 5.97 Å². The number of aliphatic hydroxyl groups is 11. The Balaban J connectivity index is 1.08. The first kappa shape index (κ1) is 51.9. The van der Waals surface area contributed by atoms with Gasteiger partial charge in [-0.2, -0.15) is 0 Å². The van der Waals surface area contributed by atoms with Crippen LogP contribution in [-0.4, -0.2) is 191 Å². The van der Waals surface area contributed by atoms with Gasteiger partial charge in [0.15, 0.2) is 25.0 Å². The number of allylic oxidation sites excluding steroid dienone is 2. The largest absolute Gasteiger partial charge is 0.479 e. The molecule has 4 unspecified atom stereocenters. The van der Waals surface area contributed by atoms with Gasteiger partial charge in [-0.15, -0.1) is 0 Å². The Morgan fingerprint density at radius 1 is 0.627 bits per heavy atom. The Labute approximate surface area is 392 Å². The Morgan fingerprint density at radius 2 is 1.21 bits per heavy atom. The third-order valence-corrected chi connectivity index (χ3v) is 19.5. The van der Waals surface area contributed by atoms with E-state index in [9.17, 15) is 66.1 Å². The summed E-state index contributed by atoms with van der Waals surface area (Å²) in [5.41, 5.74) is -0.143. The number of rotatable bonds is 10. The van der Waals surface area contributed by atoms with Gasteiger partial charge in [-0.25, -0.2) is 4.79 Å². The normalized spacial score (nSPS) is 55.3. The molecule has 0 amide bonds. The summed E-state index contributed by atoms with van der Waals surface area (Å²) in [7, 11) is 0. The van der Waals surface area contributed by atoms with Crippen molar-refractivity contribution in [3.63, 3.8) is 0 Å². The van der Waals surface area contributed by atoms with Crippen LogP contribution in [0.2, 0.25) is 0 Å². The standard InChI is InChI=1S/C48H78O19/c1-43(2)16-22-21-8-9-26-45(4)12-11-28(46(5,20-51)25(45)10-13-48(26,7)47(21,6)15-14-44(22,3)27(52)17-43)64-42-38(34(58)33(57)36(65-42)39(60)61)67-41-37(32(56)30(54)24(19-50)63-41)66-40-35(59)31(55)29(53)23(18-49)62-40/h8,22-38,40-42,49-59H,9-20H2,1-7H3,(H,60,61)/t22?,23-,24-,25?,26?,27-,28?,29-,30+,31+,32+,33+,34+,35-,36+,37-,38-,40+,41+,42-,44-,45+,46-,47-,48-/m1/s1. The molecule has 4 saturated carbocycles. The SMILES string of the molecule is CC1(C)CC2C3=CCC4[C@@]5(C)CCC(O[C@@H]6O[C@H](C(=O)O)[C@@H](O)[C@H](O)[C@H]6O[C@@H]6O[C@H](CO)[C@H](O)[C@H](O)[C@H]6O[C@@H]6O[C@H](CO)[C@@H](O)[C@H](O)[C@H]6O)[C@](C)(CO)C5CC[C@@]4(C)[C@]3(C)CC[C@@]2(C)[C@H](O)C1. The Morgan fingerprint density at radius 3 is 1.82 bits per heavy atom. The van der Waals surface area contributed by atoms with Crippen molar-refractivity contribution in [1.29, 1.82) is 0 Å². The Kier molecular flexibility index (Phi) is 14.1. The van der Waals surface area contributed by atoms with Crippen molar-refractivity contribution in [2.45, 2.75) is 211 Å². The molecule has 0 bridgehead atoms. The highest BCUT2D eigenvalue weighted by atomic mass is 16.8. The van der Waals surface area contributed by atoms with Gasteiger partial charge in [0, 0.05) is 10.8 Å². The number of hydrogen-bond acceptors (Lipinski definition) is 18. The fourth-order valence-corrected chi connectivity index (χ4v) is 15.2. The van der Waals surface area contributed by atoms with Crippen molar-refractivity contribution in [1.82, 2.24) is 0 Å².